The number of benzene rings is 2. The second-order valence-corrected chi connectivity index (χ2v) is 7.66. The predicted molar refractivity (Wildman–Crippen MR) is 115 cm³/mol. The first-order chi connectivity index (χ1) is 13.5. The maximum atomic E-state index is 7.01. The maximum Gasteiger partial charge on any atom is 0.187 e. The summed E-state index contributed by atoms with van der Waals surface area (Å²) in [5, 5.41) is 0. The Labute approximate surface area is 172 Å². The first kappa shape index (κ1) is 18.3. The first-order valence-corrected chi connectivity index (χ1v) is 9.68. The lowest BCUT2D eigenvalue weighted by molar-refractivity contribution is 0.304. The third-order valence-corrected chi connectivity index (χ3v) is 5.07. The lowest BCUT2D eigenvalue weighted by Gasteiger charge is -2.10. The van der Waals surface area contributed by atoms with E-state index in [0.29, 0.717) is 12.3 Å². The average Bonchev–Trinajstić information content (AvgIpc) is 3.12. The van der Waals surface area contributed by atoms with Gasteiger partial charge in [0.2, 0.25) is 0 Å². The molecular weight excluding hydrogens is 414 g/mol. The second kappa shape index (κ2) is 7.49. The van der Waals surface area contributed by atoms with Crippen LogP contribution in [0, 0.1) is 20.4 Å². The number of fused-ring (bicyclic) bond motifs is 1. The fourth-order valence-corrected chi connectivity index (χ4v) is 3.73. The van der Waals surface area contributed by atoms with Crippen molar-refractivity contribution in [2.24, 2.45) is 0 Å². The van der Waals surface area contributed by atoms with Crippen LogP contribution in [-0.2, 0) is 6.61 Å². The standard InChI is InChI=1S/C23H18BrN3O/c1-15-10-18(21-13-27-12-19(24)11-16(2)23(27)26-21)6-9-22(15)28-14-17-4-7-20(25-3)8-5-17/h4-13H,14H2,1-2H3. The molecule has 0 aliphatic rings. The molecule has 28 heavy (non-hydrogen) atoms. The van der Waals surface area contributed by atoms with Gasteiger partial charge in [-0.2, -0.15) is 0 Å². The molecule has 4 nitrogen and oxygen atoms in total. The molecule has 0 saturated heterocycles. The van der Waals surface area contributed by atoms with E-state index in [1.165, 1.54) is 0 Å². The highest BCUT2D eigenvalue weighted by atomic mass is 79.9. The van der Waals surface area contributed by atoms with Gasteiger partial charge in [0.25, 0.3) is 0 Å². The number of pyridine rings is 1. The monoisotopic (exact) mass is 431 g/mol. The van der Waals surface area contributed by atoms with Crippen molar-refractivity contribution in [1.82, 2.24) is 9.38 Å². The molecule has 0 aliphatic carbocycles. The molecule has 2 aromatic heterocycles. The molecule has 0 spiro atoms. The molecular formula is C23H18BrN3O. The minimum Gasteiger partial charge on any atom is -0.489 e. The van der Waals surface area contributed by atoms with Gasteiger partial charge in [0.1, 0.15) is 18.0 Å². The van der Waals surface area contributed by atoms with E-state index in [-0.39, 0.29) is 0 Å². The zero-order valence-corrected chi connectivity index (χ0v) is 17.2. The van der Waals surface area contributed by atoms with Gasteiger partial charge in [-0.25, -0.2) is 9.83 Å². The Kier molecular flexibility index (Phi) is 4.89. The van der Waals surface area contributed by atoms with Gasteiger partial charge in [0, 0.05) is 22.4 Å². The SMILES string of the molecule is [C-]#[N+]c1ccc(COc2ccc(-c3cn4cc(Br)cc(C)c4n3)cc2C)cc1. The molecule has 0 bridgehead atoms. The minimum atomic E-state index is 0.472. The van der Waals surface area contributed by atoms with Crippen LogP contribution in [0.3, 0.4) is 0 Å². The smallest absolute Gasteiger partial charge is 0.187 e. The normalized spacial score (nSPS) is 10.8. The molecule has 2 heterocycles. The molecule has 5 heteroatoms. The number of hydrogen-bond acceptors (Lipinski definition) is 2. The summed E-state index contributed by atoms with van der Waals surface area (Å²) in [6, 6.07) is 15.7. The number of ether oxygens (including phenoxy) is 1. The highest BCUT2D eigenvalue weighted by Crippen LogP contribution is 2.28. The largest absolute Gasteiger partial charge is 0.489 e. The van der Waals surface area contributed by atoms with E-state index in [9.17, 15) is 0 Å². The van der Waals surface area contributed by atoms with Crippen LogP contribution >= 0.6 is 15.9 Å². The number of hydrogen-bond donors (Lipinski definition) is 0. The van der Waals surface area contributed by atoms with Crippen LogP contribution in [0.4, 0.5) is 5.69 Å². The zero-order valence-electron chi connectivity index (χ0n) is 15.6. The summed E-state index contributed by atoms with van der Waals surface area (Å²) in [6.45, 7) is 11.6. The van der Waals surface area contributed by atoms with Gasteiger partial charge in [-0.3, -0.25) is 0 Å². The molecule has 2 aromatic carbocycles. The summed E-state index contributed by atoms with van der Waals surface area (Å²) >= 11 is 3.53. The van der Waals surface area contributed by atoms with E-state index < -0.39 is 0 Å². The van der Waals surface area contributed by atoms with E-state index in [2.05, 4.69) is 39.8 Å². The lowest BCUT2D eigenvalue weighted by atomic mass is 10.1. The highest BCUT2D eigenvalue weighted by Gasteiger charge is 2.09. The van der Waals surface area contributed by atoms with E-state index in [1.54, 1.807) is 0 Å². The molecule has 0 unspecified atom stereocenters. The van der Waals surface area contributed by atoms with Crippen molar-refractivity contribution in [3.8, 4) is 17.0 Å². The van der Waals surface area contributed by atoms with Crippen LogP contribution in [0.25, 0.3) is 21.7 Å². The Morgan fingerprint density at radius 3 is 2.54 bits per heavy atom. The Hall–Kier alpha value is -3.10. The third kappa shape index (κ3) is 3.64. The molecule has 138 valence electrons. The molecule has 0 atom stereocenters. The van der Waals surface area contributed by atoms with Crippen molar-refractivity contribution in [2.45, 2.75) is 20.5 Å². The number of halogens is 1. The second-order valence-electron chi connectivity index (χ2n) is 6.75. The maximum absolute atomic E-state index is 7.01. The van der Waals surface area contributed by atoms with Crippen LogP contribution in [-0.4, -0.2) is 9.38 Å². The molecule has 4 aromatic rings. The zero-order chi connectivity index (χ0) is 19.7. The van der Waals surface area contributed by atoms with Crippen molar-refractivity contribution < 1.29 is 4.74 Å². The van der Waals surface area contributed by atoms with Crippen LogP contribution in [0.1, 0.15) is 16.7 Å². The fraction of sp³-hybridized carbons (Fsp3) is 0.130. The summed E-state index contributed by atoms with van der Waals surface area (Å²) < 4.78 is 9.05. The van der Waals surface area contributed by atoms with Gasteiger partial charge in [0.15, 0.2) is 5.69 Å². The molecule has 0 radical (unpaired) electrons. The molecule has 0 N–H and O–H groups in total. The summed E-state index contributed by atoms with van der Waals surface area (Å²) in [5.74, 6) is 0.848. The summed E-state index contributed by atoms with van der Waals surface area (Å²) in [6.07, 6.45) is 4.06. The number of nitrogens with zero attached hydrogens (tertiary/aromatic N) is 3. The Bertz CT molecular complexity index is 1200. The van der Waals surface area contributed by atoms with Gasteiger partial charge in [-0.05, 0) is 70.7 Å². The molecule has 4 rings (SSSR count). The number of aryl methyl sites for hydroxylation is 2. The quantitative estimate of drug-likeness (QED) is 0.344. The topological polar surface area (TPSA) is 30.9 Å². The lowest BCUT2D eigenvalue weighted by Crippen LogP contribution is -1.97. The number of rotatable bonds is 4. The summed E-state index contributed by atoms with van der Waals surface area (Å²) in [5.41, 5.74) is 6.82. The van der Waals surface area contributed by atoms with E-state index in [1.807, 2.05) is 60.1 Å². The summed E-state index contributed by atoms with van der Waals surface area (Å²) in [4.78, 5) is 8.19. The van der Waals surface area contributed by atoms with E-state index in [0.717, 1.165) is 43.8 Å². The first-order valence-electron chi connectivity index (χ1n) is 8.88. The summed E-state index contributed by atoms with van der Waals surface area (Å²) in [7, 11) is 0. The van der Waals surface area contributed by atoms with Crippen LogP contribution in [0.2, 0.25) is 0 Å². The van der Waals surface area contributed by atoms with Gasteiger partial charge in [-0.1, -0.05) is 24.3 Å². The predicted octanol–water partition coefficient (Wildman–Crippen LogP) is 6.51. The van der Waals surface area contributed by atoms with E-state index >= 15 is 0 Å². The van der Waals surface area contributed by atoms with Crippen LogP contribution in [0.15, 0.2) is 65.4 Å². The van der Waals surface area contributed by atoms with Gasteiger partial charge < -0.3 is 9.14 Å². The van der Waals surface area contributed by atoms with Gasteiger partial charge in [0.05, 0.1) is 12.3 Å². The minimum absolute atomic E-state index is 0.472. The van der Waals surface area contributed by atoms with Crippen LogP contribution < -0.4 is 4.74 Å². The number of imidazole rings is 1. The van der Waals surface area contributed by atoms with Crippen LogP contribution in [0.5, 0.6) is 5.75 Å². The van der Waals surface area contributed by atoms with Crippen molar-refractivity contribution >= 4 is 27.3 Å². The highest BCUT2D eigenvalue weighted by molar-refractivity contribution is 9.10. The van der Waals surface area contributed by atoms with E-state index in [4.69, 9.17) is 16.3 Å². The van der Waals surface area contributed by atoms with Crippen molar-refractivity contribution in [2.75, 3.05) is 0 Å². The Balaban J connectivity index is 1.56. The third-order valence-electron chi connectivity index (χ3n) is 4.63. The Morgan fingerprint density at radius 1 is 1.04 bits per heavy atom. The van der Waals surface area contributed by atoms with Crippen molar-refractivity contribution in [3.05, 3.63) is 93.5 Å². The Morgan fingerprint density at radius 2 is 1.82 bits per heavy atom. The molecule has 0 saturated carbocycles. The molecule has 0 fully saturated rings. The molecule has 0 aliphatic heterocycles. The fourth-order valence-electron chi connectivity index (χ4n) is 3.16. The van der Waals surface area contributed by atoms with Crippen molar-refractivity contribution in [3.63, 3.8) is 0 Å². The van der Waals surface area contributed by atoms with Gasteiger partial charge >= 0.3 is 0 Å². The molecule has 0 amide bonds. The average molecular weight is 432 g/mol. The van der Waals surface area contributed by atoms with Crippen molar-refractivity contribution in [1.29, 1.82) is 0 Å². The van der Waals surface area contributed by atoms with Gasteiger partial charge in [-0.15, -0.1) is 0 Å². The number of aromatic nitrogens is 2.